The minimum Gasteiger partial charge on any atom is -0.508 e. The largest absolute Gasteiger partial charge is 0.508 e. The molecular weight excluding hydrogens is 427 g/mol. The molecule has 3 aromatic rings. The Morgan fingerprint density at radius 3 is 2.73 bits per heavy atom. The van der Waals surface area contributed by atoms with E-state index in [1.54, 1.807) is 4.90 Å². The fourth-order valence-corrected chi connectivity index (χ4v) is 3.55. The van der Waals surface area contributed by atoms with Crippen LogP contribution in [0.15, 0.2) is 35.4 Å². The number of imidazole rings is 1. The number of aromatic hydroxyl groups is 1. The summed E-state index contributed by atoms with van der Waals surface area (Å²) < 4.78 is 41.5. The first-order valence-corrected chi connectivity index (χ1v) is 9.02. The highest BCUT2D eigenvalue weighted by atomic mass is 35.5. The van der Waals surface area contributed by atoms with Crippen LogP contribution < -0.4 is 10.5 Å². The summed E-state index contributed by atoms with van der Waals surface area (Å²) in [7, 11) is 0. The van der Waals surface area contributed by atoms with Gasteiger partial charge in [-0.1, -0.05) is 11.6 Å². The van der Waals surface area contributed by atoms with Crippen molar-refractivity contribution in [3.05, 3.63) is 68.6 Å². The number of aromatic amines is 1. The van der Waals surface area contributed by atoms with Crippen LogP contribution in [0, 0.1) is 0 Å². The van der Waals surface area contributed by atoms with Gasteiger partial charge in [0.15, 0.2) is 0 Å². The first-order chi connectivity index (χ1) is 14.2. The van der Waals surface area contributed by atoms with Crippen LogP contribution >= 0.6 is 11.6 Å². The second kappa shape index (κ2) is 7.17. The molecule has 8 nitrogen and oxygen atoms in total. The molecule has 0 saturated carbocycles. The normalized spacial score (nSPS) is 13.9. The Labute approximate surface area is 171 Å². The third-order valence-electron chi connectivity index (χ3n) is 4.77. The summed E-state index contributed by atoms with van der Waals surface area (Å²) in [6.07, 6.45) is -2.21. The molecule has 1 aromatic carbocycles. The van der Waals surface area contributed by atoms with E-state index in [9.17, 15) is 27.9 Å². The topological polar surface area (TPSA) is 104 Å². The summed E-state index contributed by atoms with van der Waals surface area (Å²) >= 11 is 6.03. The molecule has 3 heterocycles. The molecule has 1 aliphatic rings. The number of rotatable bonds is 3. The van der Waals surface area contributed by atoms with E-state index in [0.29, 0.717) is 24.1 Å². The van der Waals surface area contributed by atoms with Gasteiger partial charge in [-0.2, -0.15) is 18.3 Å². The van der Waals surface area contributed by atoms with Crippen LogP contribution in [0.1, 0.15) is 27.4 Å². The lowest BCUT2D eigenvalue weighted by Gasteiger charge is -2.30. The molecular formula is C18H13ClF3N5O3. The van der Waals surface area contributed by atoms with Gasteiger partial charge < -0.3 is 14.6 Å². The molecule has 0 spiro atoms. The molecule has 156 valence electrons. The molecule has 0 bridgehead atoms. The quantitative estimate of drug-likeness (QED) is 0.608. The van der Waals surface area contributed by atoms with Crippen molar-refractivity contribution in [2.24, 2.45) is 0 Å². The van der Waals surface area contributed by atoms with Crippen molar-refractivity contribution < 1.29 is 23.1 Å². The van der Waals surface area contributed by atoms with E-state index >= 15 is 0 Å². The van der Waals surface area contributed by atoms with Gasteiger partial charge in [0.25, 0.3) is 5.56 Å². The highest BCUT2D eigenvalue weighted by Crippen LogP contribution is 2.35. The minimum absolute atomic E-state index is 0.00373. The monoisotopic (exact) mass is 439 g/mol. The predicted octanol–water partition coefficient (Wildman–Crippen LogP) is 2.60. The lowest BCUT2D eigenvalue weighted by molar-refractivity contribution is -0.138. The minimum atomic E-state index is -4.81. The highest BCUT2D eigenvalue weighted by molar-refractivity contribution is 6.33. The Morgan fingerprint density at radius 2 is 2.00 bits per heavy atom. The zero-order valence-electron chi connectivity index (χ0n) is 15.1. The van der Waals surface area contributed by atoms with Crippen LogP contribution in [0.2, 0.25) is 5.02 Å². The number of aromatic nitrogens is 4. The number of halogens is 4. The van der Waals surface area contributed by atoms with Crippen LogP contribution in [-0.4, -0.2) is 37.2 Å². The van der Waals surface area contributed by atoms with Crippen molar-refractivity contribution in [1.29, 1.82) is 0 Å². The Balaban J connectivity index is 1.68. The number of carbonyl (C=O) groups is 1. The van der Waals surface area contributed by atoms with Crippen molar-refractivity contribution in [3.8, 4) is 5.75 Å². The van der Waals surface area contributed by atoms with Crippen LogP contribution in [-0.2, 0) is 19.3 Å². The van der Waals surface area contributed by atoms with Gasteiger partial charge in [-0.3, -0.25) is 9.59 Å². The summed E-state index contributed by atoms with van der Waals surface area (Å²) in [5.74, 6) is -1.02. The van der Waals surface area contributed by atoms with Crippen LogP contribution in [0.3, 0.4) is 0 Å². The molecule has 0 atom stereocenters. The number of nitrogens with zero attached hydrogens (tertiary/aromatic N) is 4. The molecule has 2 aromatic heterocycles. The number of hydrogen-bond donors (Lipinski definition) is 2. The lowest BCUT2D eigenvalue weighted by atomic mass is 10.0. The Kier molecular flexibility index (Phi) is 4.77. The summed E-state index contributed by atoms with van der Waals surface area (Å²) in [6, 6.07) is 2.49. The third kappa shape index (κ3) is 3.41. The number of fused-ring (bicyclic) bond motifs is 1. The third-order valence-corrected chi connectivity index (χ3v) is 5.13. The summed E-state index contributed by atoms with van der Waals surface area (Å²) in [5.41, 5.74) is -1.96. The molecule has 12 heteroatoms. The van der Waals surface area contributed by atoms with Crippen molar-refractivity contribution in [2.75, 3.05) is 11.4 Å². The van der Waals surface area contributed by atoms with Crippen LogP contribution in [0.5, 0.6) is 5.75 Å². The zero-order chi connectivity index (χ0) is 21.6. The maximum Gasteiger partial charge on any atom is 0.417 e. The highest BCUT2D eigenvalue weighted by Gasteiger charge is 2.37. The van der Waals surface area contributed by atoms with Crippen LogP contribution in [0.4, 0.5) is 18.9 Å². The summed E-state index contributed by atoms with van der Waals surface area (Å²) in [4.78, 5) is 30.4. The fourth-order valence-electron chi connectivity index (χ4n) is 3.34. The lowest BCUT2D eigenvalue weighted by Crippen LogP contribution is -2.36. The average molecular weight is 440 g/mol. The van der Waals surface area contributed by atoms with Crippen molar-refractivity contribution in [2.45, 2.75) is 19.3 Å². The van der Waals surface area contributed by atoms with Gasteiger partial charge in [0.1, 0.15) is 22.3 Å². The van der Waals surface area contributed by atoms with E-state index in [4.69, 9.17) is 11.6 Å². The van der Waals surface area contributed by atoms with Gasteiger partial charge in [-0.25, -0.2) is 10.1 Å². The van der Waals surface area contributed by atoms with E-state index in [1.165, 1.54) is 17.0 Å². The molecule has 0 aliphatic carbocycles. The second-order valence-electron chi connectivity index (χ2n) is 6.59. The smallest absolute Gasteiger partial charge is 0.417 e. The zero-order valence-corrected chi connectivity index (χ0v) is 15.8. The number of anilines is 1. The Hall–Kier alpha value is -3.34. The van der Waals surface area contributed by atoms with Gasteiger partial charge in [0, 0.05) is 18.7 Å². The number of ketones is 1. The number of H-pyrrole nitrogens is 1. The number of carbonyl (C=O) groups excluding carboxylic acids is 1. The molecule has 1 aliphatic heterocycles. The molecule has 0 amide bonds. The fraction of sp³-hybridized carbons (Fsp3) is 0.222. The summed E-state index contributed by atoms with van der Waals surface area (Å²) in [6.45, 7) is 0.745. The molecule has 4 rings (SSSR count). The molecule has 0 radical (unpaired) electrons. The van der Waals surface area contributed by atoms with Gasteiger partial charge in [0.05, 0.1) is 30.2 Å². The number of phenols is 1. The van der Waals surface area contributed by atoms with E-state index in [0.717, 1.165) is 12.1 Å². The van der Waals surface area contributed by atoms with E-state index in [-0.39, 0.29) is 23.8 Å². The molecule has 2 N–H and O–H groups in total. The number of benzene rings is 1. The first kappa shape index (κ1) is 20.0. The standard InChI is InChI=1S/C18H13ClF3N5O3/c19-15-12(7-24-25-17(15)30)26-3-4-27-13(6-23-14(27)8-26)16(29)10-2-1-9(28)5-11(10)18(20,21)22/h1-2,5-7,28H,3-4,8H2,(H,25,30). The Bertz CT molecular complexity index is 1200. The number of phenolic OH excluding ortho intramolecular Hbond substituents is 1. The predicted molar refractivity (Wildman–Crippen MR) is 99.7 cm³/mol. The van der Waals surface area contributed by atoms with Gasteiger partial charge in [-0.05, 0) is 18.2 Å². The SMILES string of the molecule is O=C(c1ccc(O)cc1C(F)(F)F)c1cnc2n1CCN(c1cn[nH]c(=O)c1Cl)C2. The van der Waals surface area contributed by atoms with E-state index < -0.39 is 34.4 Å². The van der Waals surface area contributed by atoms with Crippen LogP contribution in [0.25, 0.3) is 0 Å². The van der Waals surface area contributed by atoms with Gasteiger partial charge >= 0.3 is 6.18 Å². The van der Waals surface area contributed by atoms with Gasteiger partial charge in [0.2, 0.25) is 5.78 Å². The Morgan fingerprint density at radius 1 is 1.23 bits per heavy atom. The maximum atomic E-state index is 13.3. The van der Waals surface area contributed by atoms with Crippen molar-refractivity contribution in [1.82, 2.24) is 19.7 Å². The van der Waals surface area contributed by atoms with Crippen molar-refractivity contribution in [3.63, 3.8) is 0 Å². The molecule has 0 saturated heterocycles. The molecule has 30 heavy (non-hydrogen) atoms. The van der Waals surface area contributed by atoms with Crippen molar-refractivity contribution >= 4 is 23.1 Å². The number of hydrogen-bond acceptors (Lipinski definition) is 6. The maximum absolute atomic E-state index is 13.3. The number of alkyl halides is 3. The molecule has 0 fully saturated rings. The molecule has 0 unspecified atom stereocenters. The van der Waals surface area contributed by atoms with Gasteiger partial charge in [-0.15, -0.1) is 0 Å². The van der Waals surface area contributed by atoms with E-state index in [2.05, 4.69) is 15.2 Å². The number of nitrogens with one attached hydrogen (secondary N) is 1. The average Bonchev–Trinajstić information content (AvgIpc) is 3.12. The summed E-state index contributed by atoms with van der Waals surface area (Å²) in [5, 5.41) is 15.3. The first-order valence-electron chi connectivity index (χ1n) is 8.64. The van der Waals surface area contributed by atoms with E-state index in [1.807, 2.05) is 0 Å². The second-order valence-corrected chi connectivity index (χ2v) is 6.97.